The Balaban J connectivity index is 2.94. The van der Waals surface area contributed by atoms with Gasteiger partial charge in [0, 0.05) is 6.42 Å². The lowest BCUT2D eigenvalue weighted by Gasteiger charge is -2.17. The maximum atomic E-state index is 5.66. The van der Waals surface area contributed by atoms with E-state index in [1.807, 2.05) is 0 Å². The predicted molar refractivity (Wildman–Crippen MR) is 75.6 cm³/mol. The first kappa shape index (κ1) is 15.2. The lowest BCUT2D eigenvalue weighted by molar-refractivity contribution is 0.400. The van der Waals surface area contributed by atoms with Crippen molar-refractivity contribution in [3.8, 4) is 0 Å². The van der Waals surface area contributed by atoms with Crippen molar-refractivity contribution in [2.75, 3.05) is 6.54 Å². The molecule has 0 radical (unpaired) electrons. The third-order valence-electron chi connectivity index (χ3n) is 3.50. The van der Waals surface area contributed by atoms with Gasteiger partial charge in [0.25, 0.3) is 0 Å². The fourth-order valence-corrected chi connectivity index (χ4v) is 2.29. The zero-order chi connectivity index (χ0) is 13.5. The summed E-state index contributed by atoms with van der Waals surface area (Å²) in [7, 11) is 0. The molecule has 1 aromatic rings. The molecule has 0 aromatic carbocycles. The standard InChI is InChI=1S/C14H28N4/c1-5-12(6-2)18-14(8-7-11(3)4)13(9-10-15)16-17-18/h11-12H,5-10,15H2,1-4H3. The van der Waals surface area contributed by atoms with Crippen molar-refractivity contribution in [1.82, 2.24) is 15.0 Å². The molecule has 0 bridgehead atoms. The Bertz CT molecular complexity index is 340. The van der Waals surface area contributed by atoms with Crippen LogP contribution >= 0.6 is 0 Å². The van der Waals surface area contributed by atoms with E-state index in [0.29, 0.717) is 18.5 Å². The molecule has 0 aliphatic carbocycles. The van der Waals surface area contributed by atoms with E-state index in [1.165, 1.54) is 12.1 Å². The van der Waals surface area contributed by atoms with Crippen molar-refractivity contribution < 1.29 is 0 Å². The lowest BCUT2D eigenvalue weighted by Crippen LogP contribution is -2.14. The van der Waals surface area contributed by atoms with Crippen LogP contribution in [0.25, 0.3) is 0 Å². The van der Waals surface area contributed by atoms with Crippen molar-refractivity contribution in [3.05, 3.63) is 11.4 Å². The molecular formula is C14H28N4. The quantitative estimate of drug-likeness (QED) is 0.774. The van der Waals surface area contributed by atoms with E-state index in [0.717, 1.165) is 31.4 Å². The van der Waals surface area contributed by atoms with Crippen LogP contribution in [-0.2, 0) is 12.8 Å². The van der Waals surface area contributed by atoms with E-state index in [-0.39, 0.29) is 0 Å². The first-order valence-corrected chi connectivity index (χ1v) is 7.26. The number of aromatic nitrogens is 3. The molecule has 0 aliphatic rings. The average Bonchev–Trinajstić information content (AvgIpc) is 2.72. The Kier molecular flexibility index (Phi) is 6.33. The Morgan fingerprint density at radius 2 is 1.83 bits per heavy atom. The van der Waals surface area contributed by atoms with Gasteiger partial charge in [0.2, 0.25) is 0 Å². The highest BCUT2D eigenvalue weighted by Gasteiger charge is 2.17. The second-order valence-corrected chi connectivity index (χ2v) is 5.37. The molecule has 0 unspecified atom stereocenters. The average molecular weight is 252 g/mol. The third kappa shape index (κ3) is 3.80. The van der Waals surface area contributed by atoms with Crippen LogP contribution < -0.4 is 5.73 Å². The maximum absolute atomic E-state index is 5.66. The third-order valence-corrected chi connectivity index (χ3v) is 3.50. The largest absolute Gasteiger partial charge is 0.330 e. The zero-order valence-electron chi connectivity index (χ0n) is 12.3. The number of hydrogen-bond donors (Lipinski definition) is 1. The second-order valence-electron chi connectivity index (χ2n) is 5.37. The first-order valence-electron chi connectivity index (χ1n) is 7.26. The van der Waals surface area contributed by atoms with Crippen LogP contribution in [-0.4, -0.2) is 21.5 Å². The van der Waals surface area contributed by atoms with Crippen molar-refractivity contribution in [3.63, 3.8) is 0 Å². The Morgan fingerprint density at radius 1 is 1.17 bits per heavy atom. The molecule has 0 spiro atoms. The van der Waals surface area contributed by atoms with Gasteiger partial charge in [-0.15, -0.1) is 5.10 Å². The summed E-state index contributed by atoms with van der Waals surface area (Å²) in [5.41, 5.74) is 8.07. The van der Waals surface area contributed by atoms with Crippen molar-refractivity contribution >= 4 is 0 Å². The molecule has 1 heterocycles. The molecule has 0 saturated carbocycles. The smallest absolute Gasteiger partial charge is 0.0871 e. The molecule has 0 aliphatic heterocycles. The highest BCUT2D eigenvalue weighted by Crippen LogP contribution is 2.21. The summed E-state index contributed by atoms with van der Waals surface area (Å²) in [5.74, 6) is 0.709. The molecule has 4 nitrogen and oxygen atoms in total. The number of nitrogens with two attached hydrogens (primary N) is 1. The first-order chi connectivity index (χ1) is 8.63. The summed E-state index contributed by atoms with van der Waals surface area (Å²) in [6.45, 7) is 9.59. The SMILES string of the molecule is CCC(CC)n1nnc(CCN)c1CCC(C)C. The summed E-state index contributed by atoms with van der Waals surface area (Å²) in [6.07, 6.45) is 5.31. The van der Waals surface area contributed by atoms with Crippen LogP contribution in [0.3, 0.4) is 0 Å². The Morgan fingerprint density at radius 3 is 2.33 bits per heavy atom. The molecule has 2 N–H and O–H groups in total. The molecule has 0 amide bonds. The van der Waals surface area contributed by atoms with Gasteiger partial charge in [0.15, 0.2) is 0 Å². The van der Waals surface area contributed by atoms with Crippen LogP contribution in [0.4, 0.5) is 0 Å². The number of hydrogen-bond acceptors (Lipinski definition) is 3. The highest BCUT2D eigenvalue weighted by molar-refractivity contribution is 5.12. The van der Waals surface area contributed by atoms with E-state index in [1.54, 1.807) is 0 Å². The minimum Gasteiger partial charge on any atom is -0.330 e. The fraction of sp³-hybridized carbons (Fsp3) is 0.857. The topological polar surface area (TPSA) is 56.7 Å². The summed E-state index contributed by atoms with van der Waals surface area (Å²) in [6, 6.07) is 0.478. The molecule has 0 fully saturated rings. The van der Waals surface area contributed by atoms with Crippen molar-refractivity contribution in [1.29, 1.82) is 0 Å². The summed E-state index contributed by atoms with van der Waals surface area (Å²) in [4.78, 5) is 0. The predicted octanol–water partition coefficient (Wildman–Crippen LogP) is 2.73. The van der Waals surface area contributed by atoms with Gasteiger partial charge in [-0.3, -0.25) is 0 Å². The maximum Gasteiger partial charge on any atom is 0.0871 e. The van der Waals surface area contributed by atoms with Gasteiger partial charge in [-0.1, -0.05) is 32.9 Å². The minimum atomic E-state index is 0.478. The Hall–Kier alpha value is -0.900. The van der Waals surface area contributed by atoms with Crippen molar-refractivity contribution in [2.24, 2.45) is 11.7 Å². The Labute approximate surface area is 111 Å². The van der Waals surface area contributed by atoms with Gasteiger partial charge in [-0.05, 0) is 38.1 Å². The highest BCUT2D eigenvalue weighted by atomic mass is 15.4. The monoisotopic (exact) mass is 252 g/mol. The van der Waals surface area contributed by atoms with Crippen LogP contribution in [0.1, 0.15) is 64.4 Å². The van der Waals surface area contributed by atoms with Crippen LogP contribution in [0.5, 0.6) is 0 Å². The summed E-state index contributed by atoms with van der Waals surface area (Å²) < 4.78 is 2.15. The molecule has 0 saturated heterocycles. The summed E-state index contributed by atoms with van der Waals surface area (Å²) in [5, 5.41) is 8.70. The van der Waals surface area contributed by atoms with E-state index in [4.69, 9.17) is 5.73 Å². The molecule has 104 valence electrons. The van der Waals surface area contributed by atoms with Gasteiger partial charge in [-0.2, -0.15) is 0 Å². The molecule has 1 aromatic heterocycles. The van der Waals surface area contributed by atoms with Crippen LogP contribution in [0.15, 0.2) is 0 Å². The van der Waals surface area contributed by atoms with Crippen LogP contribution in [0, 0.1) is 5.92 Å². The molecule has 0 atom stereocenters. The second kappa shape index (κ2) is 7.52. The van der Waals surface area contributed by atoms with Gasteiger partial charge in [-0.25, -0.2) is 4.68 Å². The summed E-state index contributed by atoms with van der Waals surface area (Å²) >= 11 is 0. The number of rotatable bonds is 8. The molecule has 1 rings (SSSR count). The van der Waals surface area contributed by atoms with E-state index >= 15 is 0 Å². The van der Waals surface area contributed by atoms with E-state index in [2.05, 4.69) is 42.7 Å². The van der Waals surface area contributed by atoms with Gasteiger partial charge >= 0.3 is 0 Å². The molecular weight excluding hydrogens is 224 g/mol. The van der Waals surface area contributed by atoms with E-state index in [9.17, 15) is 0 Å². The zero-order valence-corrected chi connectivity index (χ0v) is 12.3. The van der Waals surface area contributed by atoms with Crippen LogP contribution in [0.2, 0.25) is 0 Å². The number of nitrogens with zero attached hydrogens (tertiary/aromatic N) is 3. The van der Waals surface area contributed by atoms with Crippen molar-refractivity contribution in [2.45, 2.75) is 65.8 Å². The van der Waals surface area contributed by atoms with Gasteiger partial charge < -0.3 is 5.73 Å². The normalized spacial score (nSPS) is 11.7. The molecule has 4 heteroatoms. The minimum absolute atomic E-state index is 0.478. The lowest BCUT2D eigenvalue weighted by atomic mass is 10.0. The van der Waals surface area contributed by atoms with Gasteiger partial charge in [0.05, 0.1) is 17.4 Å². The molecule has 18 heavy (non-hydrogen) atoms. The van der Waals surface area contributed by atoms with Gasteiger partial charge in [0.1, 0.15) is 0 Å². The van der Waals surface area contributed by atoms with E-state index < -0.39 is 0 Å². The fourth-order valence-electron chi connectivity index (χ4n) is 2.29.